The van der Waals surface area contributed by atoms with Gasteiger partial charge in [0.15, 0.2) is 5.01 Å². The van der Waals surface area contributed by atoms with Crippen LogP contribution in [0.5, 0.6) is 0 Å². The Labute approximate surface area is 157 Å². The molecule has 9 heteroatoms. The van der Waals surface area contributed by atoms with Gasteiger partial charge in [-0.25, -0.2) is 14.6 Å². The Bertz CT molecular complexity index is 1080. The van der Waals surface area contributed by atoms with Crippen LogP contribution in [-0.2, 0) is 20.9 Å². The highest BCUT2D eigenvalue weighted by atomic mass is 32.1. The van der Waals surface area contributed by atoms with E-state index in [1.807, 2.05) is 0 Å². The maximum Gasteiger partial charge on any atom is 0.337 e. The quantitative estimate of drug-likeness (QED) is 0.489. The lowest BCUT2D eigenvalue weighted by atomic mass is 10.1. The van der Waals surface area contributed by atoms with E-state index in [1.54, 1.807) is 37.3 Å². The van der Waals surface area contributed by atoms with Crippen molar-refractivity contribution in [2.45, 2.75) is 13.5 Å². The summed E-state index contributed by atoms with van der Waals surface area (Å²) in [4.78, 5) is 39.7. The van der Waals surface area contributed by atoms with Gasteiger partial charge >= 0.3 is 11.9 Å². The number of fused-ring (bicyclic) bond motifs is 1. The molecule has 3 aromatic rings. The molecule has 2 heterocycles. The number of methoxy groups -OCH3 is 1. The number of rotatable bonds is 5. The van der Waals surface area contributed by atoms with Gasteiger partial charge in [0, 0.05) is 17.8 Å². The van der Waals surface area contributed by atoms with Crippen LogP contribution in [0.4, 0.5) is 0 Å². The largest absolute Gasteiger partial charge is 0.465 e. The summed E-state index contributed by atoms with van der Waals surface area (Å²) in [5, 5.41) is 4.56. The molecule has 8 nitrogen and oxygen atoms in total. The molecular formula is C18H15N3O5S. The molecule has 1 aromatic carbocycles. The summed E-state index contributed by atoms with van der Waals surface area (Å²) >= 11 is 1.18. The number of carbonyl (C=O) groups excluding carboxylic acids is 2. The molecule has 0 atom stereocenters. The van der Waals surface area contributed by atoms with E-state index < -0.39 is 11.9 Å². The third-order valence-electron chi connectivity index (χ3n) is 3.50. The lowest BCUT2D eigenvalue weighted by molar-refractivity contribution is -0.138. The predicted octanol–water partition coefficient (Wildman–Crippen LogP) is 2.00. The number of aryl methyl sites for hydroxylation is 1. The number of nitrogens with zero attached hydrogens (tertiary/aromatic N) is 3. The lowest BCUT2D eigenvalue weighted by Gasteiger charge is -2.00. The van der Waals surface area contributed by atoms with Gasteiger partial charge < -0.3 is 9.47 Å². The smallest absolute Gasteiger partial charge is 0.337 e. The summed E-state index contributed by atoms with van der Waals surface area (Å²) in [6.45, 7) is 1.67. The number of carbonyl (C=O) groups is 2. The Hall–Kier alpha value is -3.33. The Morgan fingerprint density at radius 2 is 2.00 bits per heavy atom. The fraction of sp³-hybridized carbons (Fsp3) is 0.167. The Balaban J connectivity index is 1.61. The fourth-order valence-corrected chi connectivity index (χ4v) is 3.07. The van der Waals surface area contributed by atoms with Gasteiger partial charge in [0.1, 0.15) is 6.61 Å². The van der Waals surface area contributed by atoms with Gasteiger partial charge in [-0.3, -0.25) is 4.79 Å². The number of hydrogen-bond acceptors (Lipinski definition) is 8. The van der Waals surface area contributed by atoms with E-state index in [1.165, 1.54) is 35.1 Å². The summed E-state index contributed by atoms with van der Waals surface area (Å²) in [5.41, 5.74) is 1.48. The highest BCUT2D eigenvalue weighted by Gasteiger charge is 2.09. The molecule has 0 saturated heterocycles. The lowest BCUT2D eigenvalue weighted by Crippen LogP contribution is -2.14. The van der Waals surface area contributed by atoms with Crippen molar-refractivity contribution >= 4 is 34.3 Å². The first-order chi connectivity index (χ1) is 13.0. The number of ether oxygens (including phenoxy) is 2. The van der Waals surface area contributed by atoms with Crippen LogP contribution in [0.1, 0.15) is 26.6 Å². The maximum atomic E-state index is 11.9. The van der Waals surface area contributed by atoms with Gasteiger partial charge in [-0.2, -0.15) is 9.61 Å². The van der Waals surface area contributed by atoms with Crippen molar-refractivity contribution in [3.8, 4) is 0 Å². The molecule has 3 rings (SSSR count). The van der Waals surface area contributed by atoms with Crippen LogP contribution >= 0.6 is 11.3 Å². The average Bonchev–Trinajstić information content (AvgIpc) is 3.07. The molecule has 0 spiro atoms. The van der Waals surface area contributed by atoms with E-state index in [4.69, 9.17) is 4.74 Å². The zero-order chi connectivity index (χ0) is 19.4. The fourth-order valence-electron chi connectivity index (χ4n) is 2.21. The van der Waals surface area contributed by atoms with Gasteiger partial charge in [0.25, 0.3) is 5.56 Å². The molecule has 0 radical (unpaired) electrons. The van der Waals surface area contributed by atoms with E-state index in [-0.39, 0.29) is 12.2 Å². The Morgan fingerprint density at radius 1 is 1.26 bits per heavy atom. The van der Waals surface area contributed by atoms with E-state index >= 15 is 0 Å². The predicted molar refractivity (Wildman–Crippen MR) is 98.5 cm³/mol. The molecule has 0 amide bonds. The average molecular weight is 385 g/mol. The summed E-state index contributed by atoms with van der Waals surface area (Å²) < 4.78 is 10.9. The number of benzene rings is 1. The van der Waals surface area contributed by atoms with E-state index in [9.17, 15) is 14.4 Å². The first-order valence-electron chi connectivity index (χ1n) is 7.86. The molecule has 0 aliphatic rings. The van der Waals surface area contributed by atoms with Crippen molar-refractivity contribution in [1.29, 1.82) is 0 Å². The van der Waals surface area contributed by atoms with Crippen LogP contribution in [0.25, 0.3) is 11.0 Å². The van der Waals surface area contributed by atoms with Crippen molar-refractivity contribution in [1.82, 2.24) is 14.6 Å². The van der Waals surface area contributed by atoms with Crippen molar-refractivity contribution < 1.29 is 19.1 Å². The van der Waals surface area contributed by atoms with Crippen molar-refractivity contribution in [2.24, 2.45) is 0 Å². The summed E-state index contributed by atoms with van der Waals surface area (Å²) in [5.74, 6) is -0.979. The third kappa shape index (κ3) is 4.45. The summed E-state index contributed by atoms with van der Waals surface area (Å²) in [6.07, 6.45) is 2.84. The minimum absolute atomic E-state index is 0.0586. The van der Waals surface area contributed by atoms with E-state index in [0.717, 1.165) is 5.56 Å². The van der Waals surface area contributed by atoms with Crippen LogP contribution in [0, 0.1) is 6.92 Å². The molecule has 0 aliphatic heterocycles. The molecule has 0 N–H and O–H groups in total. The first kappa shape index (κ1) is 18.5. The van der Waals surface area contributed by atoms with Gasteiger partial charge in [-0.1, -0.05) is 23.5 Å². The second-order valence-corrected chi connectivity index (χ2v) is 6.52. The zero-order valence-electron chi connectivity index (χ0n) is 14.5. The van der Waals surface area contributed by atoms with Crippen molar-refractivity contribution in [3.05, 3.63) is 68.6 Å². The second-order valence-electron chi connectivity index (χ2n) is 5.48. The molecule has 138 valence electrons. The van der Waals surface area contributed by atoms with Crippen molar-refractivity contribution in [2.75, 3.05) is 7.11 Å². The molecule has 0 unspecified atom stereocenters. The SMILES string of the molecule is COC(=O)c1ccc(/C=C/C(=O)OCc2nn3c(=O)cc(C)nc3s2)cc1. The van der Waals surface area contributed by atoms with E-state index in [0.29, 0.717) is 21.2 Å². The van der Waals surface area contributed by atoms with Crippen LogP contribution in [0.15, 0.2) is 41.2 Å². The first-order valence-corrected chi connectivity index (χ1v) is 8.67. The number of hydrogen-bond donors (Lipinski definition) is 0. The highest BCUT2D eigenvalue weighted by Crippen LogP contribution is 2.13. The minimum atomic E-state index is -0.553. The molecule has 2 aromatic heterocycles. The van der Waals surface area contributed by atoms with Crippen LogP contribution in [0.2, 0.25) is 0 Å². The highest BCUT2D eigenvalue weighted by molar-refractivity contribution is 7.16. The maximum absolute atomic E-state index is 11.9. The molecule has 0 fully saturated rings. The number of esters is 2. The Kier molecular flexibility index (Phi) is 5.41. The van der Waals surface area contributed by atoms with Crippen LogP contribution in [-0.4, -0.2) is 33.6 Å². The summed E-state index contributed by atoms with van der Waals surface area (Å²) in [7, 11) is 1.31. The molecule has 0 bridgehead atoms. The van der Waals surface area contributed by atoms with Gasteiger partial charge in [0.2, 0.25) is 4.96 Å². The molecular weight excluding hydrogens is 370 g/mol. The normalized spacial score (nSPS) is 11.0. The van der Waals surface area contributed by atoms with Gasteiger partial charge in [0.05, 0.1) is 12.7 Å². The minimum Gasteiger partial charge on any atom is -0.465 e. The summed E-state index contributed by atoms with van der Waals surface area (Å²) in [6, 6.07) is 7.96. The zero-order valence-corrected chi connectivity index (χ0v) is 15.4. The van der Waals surface area contributed by atoms with Crippen molar-refractivity contribution in [3.63, 3.8) is 0 Å². The number of aromatic nitrogens is 3. The van der Waals surface area contributed by atoms with Crippen LogP contribution in [0.3, 0.4) is 0 Å². The van der Waals surface area contributed by atoms with E-state index in [2.05, 4.69) is 14.8 Å². The van der Waals surface area contributed by atoms with Crippen LogP contribution < -0.4 is 5.56 Å². The standard InChI is InChI=1S/C18H15N3O5S/c1-11-9-15(22)21-18(19-11)27-14(20-21)10-26-16(23)8-5-12-3-6-13(7-4-12)17(24)25-2/h3-9H,10H2,1-2H3/b8-5+. The molecule has 0 saturated carbocycles. The molecule has 27 heavy (non-hydrogen) atoms. The Morgan fingerprint density at radius 3 is 2.70 bits per heavy atom. The topological polar surface area (TPSA) is 99.9 Å². The van der Waals surface area contributed by atoms with Gasteiger partial charge in [-0.05, 0) is 30.7 Å². The molecule has 0 aliphatic carbocycles. The second kappa shape index (κ2) is 7.92. The monoisotopic (exact) mass is 385 g/mol. The third-order valence-corrected chi connectivity index (χ3v) is 4.38. The van der Waals surface area contributed by atoms with Gasteiger partial charge in [-0.15, -0.1) is 0 Å².